The second kappa shape index (κ2) is 7.17. The second-order valence-electron chi connectivity index (χ2n) is 4.04. The molecule has 0 saturated heterocycles. The second-order valence-corrected chi connectivity index (χ2v) is 4.04. The first-order chi connectivity index (χ1) is 7.77. The van der Waals surface area contributed by atoms with Crippen molar-refractivity contribution in [2.45, 2.75) is 33.1 Å². The van der Waals surface area contributed by atoms with E-state index >= 15 is 0 Å². The summed E-state index contributed by atoms with van der Waals surface area (Å²) in [5, 5.41) is 12.3. The summed E-state index contributed by atoms with van der Waals surface area (Å²) in [5.41, 5.74) is 0.918. The molecule has 0 radical (unpaired) electrons. The normalized spacial score (nSPS) is 12.4. The van der Waals surface area contributed by atoms with Crippen LogP contribution in [0, 0.1) is 12.8 Å². The number of aliphatic hydroxyl groups excluding tert-OH is 1. The van der Waals surface area contributed by atoms with E-state index in [0.29, 0.717) is 5.92 Å². The van der Waals surface area contributed by atoms with Crippen LogP contribution in [0.4, 0.5) is 5.82 Å². The zero-order valence-corrected chi connectivity index (χ0v) is 10.1. The van der Waals surface area contributed by atoms with Crippen LogP contribution in [0.3, 0.4) is 0 Å². The molecule has 1 unspecified atom stereocenters. The Morgan fingerprint density at radius 2 is 2.06 bits per heavy atom. The van der Waals surface area contributed by atoms with Crippen LogP contribution in [-0.2, 0) is 0 Å². The third-order valence-electron chi connectivity index (χ3n) is 2.67. The van der Waals surface area contributed by atoms with Crippen LogP contribution in [0.2, 0.25) is 0 Å². The molecular weight excluding hydrogens is 202 g/mol. The van der Waals surface area contributed by atoms with Crippen molar-refractivity contribution in [2.24, 2.45) is 5.92 Å². The Morgan fingerprint density at radius 3 is 2.69 bits per heavy atom. The van der Waals surface area contributed by atoms with Crippen LogP contribution in [0.25, 0.3) is 0 Å². The van der Waals surface area contributed by atoms with Gasteiger partial charge in [0.25, 0.3) is 0 Å². The minimum absolute atomic E-state index is 0.256. The maximum atomic E-state index is 8.96. The zero-order chi connectivity index (χ0) is 11.8. The van der Waals surface area contributed by atoms with Crippen molar-refractivity contribution in [3.8, 4) is 0 Å². The molecule has 1 atom stereocenters. The highest BCUT2D eigenvalue weighted by Gasteiger charge is 2.08. The number of aromatic nitrogens is 2. The van der Waals surface area contributed by atoms with Gasteiger partial charge in [-0.15, -0.1) is 0 Å². The molecule has 1 aromatic rings. The van der Waals surface area contributed by atoms with Crippen molar-refractivity contribution in [1.82, 2.24) is 9.97 Å². The van der Waals surface area contributed by atoms with Gasteiger partial charge >= 0.3 is 0 Å². The summed E-state index contributed by atoms with van der Waals surface area (Å²) in [6.07, 6.45) is 6.51. The van der Waals surface area contributed by atoms with E-state index in [9.17, 15) is 0 Å². The van der Waals surface area contributed by atoms with Gasteiger partial charge in [-0.05, 0) is 25.7 Å². The van der Waals surface area contributed by atoms with Crippen LogP contribution >= 0.6 is 0 Å². The lowest BCUT2D eigenvalue weighted by Crippen LogP contribution is -2.17. The summed E-state index contributed by atoms with van der Waals surface area (Å²) in [7, 11) is 0. The first kappa shape index (κ1) is 12.9. The van der Waals surface area contributed by atoms with Gasteiger partial charge in [0.05, 0.1) is 5.69 Å². The molecule has 0 saturated carbocycles. The van der Waals surface area contributed by atoms with E-state index in [0.717, 1.165) is 37.3 Å². The van der Waals surface area contributed by atoms with Gasteiger partial charge in [0.1, 0.15) is 5.82 Å². The Kier molecular flexibility index (Phi) is 5.78. The highest BCUT2D eigenvalue weighted by atomic mass is 16.3. The topological polar surface area (TPSA) is 58.0 Å². The lowest BCUT2D eigenvalue weighted by atomic mass is 10.0. The van der Waals surface area contributed by atoms with E-state index in [1.54, 1.807) is 12.4 Å². The fraction of sp³-hybridized carbons (Fsp3) is 0.667. The first-order valence-electron chi connectivity index (χ1n) is 5.90. The lowest BCUT2D eigenvalue weighted by molar-refractivity contribution is 0.255. The van der Waals surface area contributed by atoms with Crippen molar-refractivity contribution in [3.63, 3.8) is 0 Å². The number of aliphatic hydroxyl groups is 1. The standard InChI is InChI=1S/C12H21N3O/c1-3-4-11(5-8-16)9-15-12-10(2)13-6-7-14-12/h6-7,11,16H,3-5,8-9H2,1-2H3,(H,14,15). The number of anilines is 1. The van der Waals surface area contributed by atoms with E-state index in [4.69, 9.17) is 5.11 Å². The van der Waals surface area contributed by atoms with E-state index in [1.807, 2.05) is 6.92 Å². The molecule has 0 aromatic carbocycles. The van der Waals surface area contributed by atoms with E-state index in [-0.39, 0.29) is 6.61 Å². The molecule has 0 spiro atoms. The summed E-state index contributed by atoms with van der Waals surface area (Å²) in [6, 6.07) is 0. The summed E-state index contributed by atoms with van der Waals surface area (Å²) in [4.78, 5) is 8.41. The Balaban J connectivity index is 2.45. The van der Waals surface area contributed by atoms with Crippen molar-refractivity contribution in [1.29, 1.82) is 0 Å². The zero-order valence-electron chi connectivity index (χ0n) is 10.1. The molecule has 2 N–H and O–H groups in total. The number of rotatable bonds is 7. The van der Waals surface area contributed by atoms with Gasteiger partial charge in [-0.3, -0.25) is 4.98 Å². The molecule has 0 aliphatic carbocycles. The van der Waals surface area contributed by atoms with Crippen molar-refractivity contribution in [2.75, 3.05) is 18.5 Å². The van der Waals surface area contributed by atoms with Gasteiger partial charge in [0.2, 0.25) is 0 Å². The van der Waals surface area contributed by atoms with Gasteiger partial charge < -0.3 is 10.4 Å². The van der Waals surface area contributed by atoms with Crippen molar-refractivity contribution >= 4 is 5.82 Å². The van der Waals surface area contributed by atoms with Gasteiger partial charge in [-0.1, -0.05) is 13.3 Å². The van der Waals surface area contributed by atoms with Crippen molar-refractivity contribution < 1.29 is 5.11 Å². The highest BCUT2D eigenvalue weighted by Crippen LogP contribution is 2.13. The predicted octanol–water partition coefficient (Wildman–Crippen LogP) is 2.00. The fourth-order valence-electron chi connectivity index (χ4n) is 1.76. The number of hydrogen-bond donors (Lipinski definition) is 2. The Bertz CT molecular complexity index is 298. The van der Waals surface area contributed by atoms with Crippen LogP contribution in [0.5, 0.6) is 0 Å². The van der Waals surface area contributed by atoms with Crippen LogP contribution in [0.15, 0.2) is 12.4 Å². The molecule has 4 heteroatoms. The maximum absolute atomic E-state index is 8.96. The van der Waals surface area contributed by atoms with Crippen LogP contribution in [0.1, 0.15) is 31.9 Å². The molecule has 0 amide bonds. The third-order valence-corrected chi connectivity index (χ3v) is 2.67. The molecule has 0 fully saturated rings. The third kappa shape index (κ3) is 4.14. The number of nitrogens with one attached hydrogen (secondary N) is 1. The van der Waals surface area contributed by atoms with E-state index in [2.05, 4.69) is 22.2 Å². The van der Waals surface area contributed by atoms with Gasteiger partial charge in [0.15, 0.2) is 0 Å². The molecule has 0 bridgehead atoms. The monoisotopic (exact) mass is 223 g/mol. The quantitative estimate of drug-likeness (QED) is 0.742. The molecule has 1 heterocycles. The fourth-order valence-corrected chi connectivity index (χ4v) is 1.76. The smallest absolute Gasteiger partial charge is 0.147 e. The number of aryl methyl sites for hydroxylation is 1. The predicted molar refractivity (Wildman–Crippen MR) is 65.4 cm³/mol. The summed E-state index contributed by atoms with van der Waals surface area (Å²) in [6.45, 7) is 5.22. The first-order valence-corrected chi connectivity index (χ1v) is 5.90. The average Bonchev–Trinajstić information content (AvgIpc) is 2.28. The van der Waals surface area contributed by atoms with Gasteiger partial charge in [-0.2, -0.15) is 0 Å². The highest BCUT2D eigenvalue weighted by molar-refractivity contribution is 5.38. The SMILES string of the molecule is CCCC(CCO)CNc1nccnc1C. The Hall–Kier alpha value is -1.16. The van der Waals surface area contributed by atoms with Crippen molar-refractivity contribution in [3.05, 3.63) is 18.1 Å². The van der Waals surface area contributed by atoms with Crippen LogP contribution in [-0.4, -0.2) is 28.2 Å². The van der Waals surface area contributed by atoms with Gasteiger partial charge in [-0.25, -0.2) is 4.98 Å². The largest absolute Gasteiger partial charge is 0.396 e. The summed E-state index contributed by atoms with van der Waals surface area (Å²) in [5.74, 6) is 1.36. The lowest BCUT2D eigenvalue weighted by Gasteiger charge is -2.16. The molecule has 90 valence electrons. The number of nitrogens with zero attached hydrogens (tertiary/aromatic N) is 2. The minimum Gasteiger partial charge on any atom is -0.396 e. The minimum atomic E-state index is 0.256. The Labute approximate surface area is 97.1 Å². The van der Waals surface area contributed by atoms with Crippen LogP contribution < -0.4 is 5.32 Å². The average molecular weight is 223 g/mol. The molecule has 0 aliphatic heterocycles. The van der Waals surface area contributed by atoms with Gasteiger partial charge in [0, 0.05) is 25.5 Å². The molecule has 16 heavy (non-hydrogen) atoms. The molecular formula is C12H21N3O. The molecule has 1 rings (SSSR count). The summed E-state index contributed by atoms with van der Waals surface area (Å²) >= 11 is 0. The molecule has 0 aliphatic rings. The molecule has 4 nitrogen and oxygen atoms in total. The number of hydrogen-bond acceptors (Lipinski definition) is 4. The summed E-state index contributed by atoms with van der Waals surface area (Å²) < 4.78 is 0. The maximum Gasteiger partial charge on any atom is 0.147 e. The van der Waals surface area contributed by atoms with E-state index < -0.39 is 0 Å². The molecule has 1 aromatic heterocycles. The Morgan fingerprint density at radius 1 is 1.31 bits per heavy atom. The van der Waals surface area contributed by atoms with E-state index in [1.165, 1.54) is 0 Å².